The molecule has 8 heteroatoms. The molecule has 0 saturated heterocycles. The van der Waals surface area contributed by atoms with E-state index in [2.05, 4.69) is 15.6 Å². The quantitative estimate of drug-likeness (QED) is 0.691. The maximum atomic E-state index is 12.8. The number of methoxy groups -OCH3 is 2. The van der Waals surface area contributed by atoms with Crippen LogP contribution in [-0.4, -0.2) is 29.8 Å². The highest BCUT2D eigenvalue weighted by atomic mass is 16.5. The number of carbonyl (C=O) groups is 1. The van der Waals surface area contributed by atoms with Gasteiger partial charge >= 0.3 is 6.03 Å². The number of benzene rings is 2. The summed E-state index contributed by atoms with van der Waals surface area (Å²) < 4.78 is 11.9. The molecule has 0 unspecified atom stereocenters. The third kappa shape index (κ3) is 4.37. The minimum atomic E-state index is -0.553. The molecule has 8 nitrogen and oxygen atoms in total. The van der Waals surface area contributed by atoms with E-state index in [4.69, 9.17) is 9.47 Å². The SMILES string of the molecule is COc1ccc(-n2ccnc(NC(=O)Nc3ccc(C)c(C)c3)c2=O)cc1OC. The second kappa shape index (κ2) is 8.47. The summed E-state index contributed by atoms with van der Waals surface area (Å²) in [4.78, 5) is 29.1. The van der Waals surface area contributed by atoms with E-state index in [9.17, 15) is 9.59 Å². The maximum absolute atomic E-state index is 12.8. The normalized spacial score (nSPS) is 10.3. The van der Waals surface area contributed by atoms with Gasteiger partial charge in [0, 0.05) is 24.1 Å². The molecular formula is C21H22N4O4. The summed E-state index contributed by atoms with van der Waals surface area (Å²) >= 11 is 0. The number of rotatable bonds is 5. The van der Waals surface area contributed by atoms with Crippen LogP contribution in [0.2, 0.25) is 0 Å². The summed E-state index contributed by atoms with van der Waals surface area (Å²) in [6, 6.07) is 10.1. The third-order valence-electron chi connectivity index (χ3n) is 4.48. The van der Waals surface area contributed by atoms with E-state index < -0.39 is 11.6 Å². The molecule has 0 saturated carbocycles. The molecule has 2 aromatic carbocycles. The van der Waals surface area contributed by atoms with Gasteiger partial charge in [0.15, 0.2) is 11.5 Å². The predicted molar refractivity (Wildman–Crippen MR) is 111 cm³/mol. The standard InChI is InChI=1S/C21H22N4O4/c1-13-5-6-15(11-14(13)2)23-21(27)24-19-20(26)25(10-9-22-19)16-7-8-17(28-3)18(12-16)29-4/h5-12H,1-4H3,(H2,22,23,24,27). The van der Waals surface area contributed by atoms with Crippen molar-refractivity contribution < 1.29 is 14.3 Å². The molecule has 1 heterocycles. The fourth-order valence-corrected chi connectivity index (χ4v) is 2.76. The largest absolute Gasteiger partial charge is 0.493 e. The van der Waals surface area contributed by atoms with E-state index in [1.165, 1.54) is 31.2 Å². The Balaban J connectivity index is 1.84. The van der Waals surface area contributed by atoms with Gasteiger partial charge in [0.05, 0.1) is 19.9 Å². The molecule has 2 amide bonds. The minimum Gasteiger partial charge on any atom is -0.493 e. The van der Waals surface area contributed by atoms with Crippen LogP contribution >= 0.6 is 0 Å². The van der Waals surface area contributed by atoms with Crippen LogP contribution in [0.15, 0.2) is 53.6 Å². The molecule has 0 bridgehead atoms. The molecule has 1 aromatic heterocycles. The number of hydrogen-bond donors (Lipinski definition) is 2. The average molecular weight is 394 g/mol. The topological polar surface area (TPSA) is 94.5 Å². The van der Waals surface area contributed by atoms with Crippen LogP contribution in [0.5, 0.6) is 11.5 Å². The number of hydrogen-bond acceptors (Lipinski definition) is 5. The van der Waals surface area contributed by atoms with Gasteiger partial charge < -0.3 is 14.8 Å². The van der Waals surface area contributed by atoms with Crippen molar-refractivity contribution in [3.63, 3.8) is 0 Å². The lowest BCUT2D eigenvalue weighted by Crippen LogP contribution is -2.28. The average Bonchev–Trinajstić information content (AvgIpc) is 2.71. The summed E-state index contributed by atoms with van der Waals surface area (Å²) in [5.41, 5.74) is 2.87. The maximum Gasteiger partial charge on any atom is 0.325 e. The van der Waals surface area contributed by atoms with Crippen molar-refractivity contribution in [3.05, 3.63) is 70.3 Å². The second-order valence-corrected chi connectivity index (χ2v) is 6.37. The fraction of sp³-hybridized carbons (Fsp3) is 0.190. The molecule has 0 spiro atoms. The van der Waals surface area contributed by atoms with Gasteiger partial charge in [0.1, 0.15) is 0 Å². The number of nitrogens with zero attached hydrogens (tertiary/aromatic N) is 2. The molecule has 0 aliphatic heterocycles. The van der Waals surface area contributed by atoms with Crippen LogP contribution in [0.4, 0.5) is 16.3 Å². The third-order valence-corrected chi connectivity index (χ3v) is 4.48. The number of aromatic nitrogens is 2. The van der Waals surface area contributed by atoms with E-state index >= 15 is 0 Å². The van der Waals surface area contributed by atoms with Gasteiger partial charge in [0.25, 0.3) is 5.56 Å². The summed E-state index contributed by atoms with van der Waals surface area (Å²) in [5, 5.41) is 5.21. The molecule has 0 aliphatic carbocycles. The molecule has 0 atom stereocenters. The van der Waals surface area contributed by atoms with E-state index in [0.717, 1.165) is 11.1 Å². The first-order valence-electron chi connectivity index (χ1n) is 8.88. The van der Waals surface area contributed by atoms with E-state index in [1.807, 2.05) is 26.0 Å². The number of nitrogens with one attached hydrogen (secondary N) is 2. The van der Waals surface area contributed by atoms with Crippen molar-refractivity contribution in [1.29, 1.82) is 0 Å². The zero-order chi connectivity index (χ0) is 21.0. The van der Waals surface area contributed by atoms with Crippen LogP contribution in [0, 0.1) is 13.8 Å². The van der Waals surface area contributed by atoms with Crippen molar-refractivity contribution in [1.82, 2.24) is 9.55 Å². The molecule has 3 rings (SSSR count). The number of urea groups is 1. The van der Waals surface area contributed by atoms with Crippen LogP contribution in [0.1, 0.15) is 11.1 Å². The van der Waals surface area contributed by atoms with Crippen LogP contribution in [-0.2, 0) is 0 Å². The molecule has 0 aliphatic rings. The summed E-state index contributed by atoms with van der Waals surface area (Å²) in [6.07, 6.45) is 2.94. The molecule has 0 fully saturated rings. The summed E-state index contributed by atoms with van der Waals surface area (Å²) in [5.74, 6) is 0.934. The van der Waals surface area contributed by atoms with E-state index in [0.29, 0.717) is 22.9 Å². The Bertz CT molecular complexity index is 1110. The Hall–Kier alpha value is -3.81. The highest BCUT2D eigenvalue weighted by molar-refractivity contribution is 5.99. The molecule has 0 radical (unpaired) electrons. The highest BCUT2D eigenvalue weighted by Gasteiger charge is 2.12. The Morgan fingerprint density at radius 3 is 2.41 bits per heavy atom. The Morgan fingerprint density at radius 2 is 1.72 bits per heavy atom. The first kappa shape index (κ1) is 19.9. The highest BCUT2D eigenvalue weighted by Crippen LogP contribution is 2.28. The van der Waals surface area contributed by atoms with E-state index in [1.54, 1.807) is 24.3 Å². The number of amides is 2. The lowest BCUT2D eigenvalue weighted by atomic mass is 10.1. The van der Waals surface area contributed by atoms with Crippen LogP contribution in [0.3, 0.4) is 0 Å². The summed E-state index contributed by atoms with van der Waals surface area (Å²) in [6.45, 7) is 3.95. The first-order valence-corrected chi connectivity index (χ1v) is 8.88. The molecule has 3 aromatic rings. The summed E-state index contributed by atoms with van der Waals surface area (Å²) in [7, 11) is 3.05. The first-order chi connectivity index (χ1) is 13.9. The fourth-order valence-electron chi connectivity index (χ4n) is 2.76. The van der Waals surface area contributed by atoms with Crippen molar-refractivity contribution >= 4 is 17.5 Å². The van der Waals surface area contributed by atoms with Crippen LogP contribution in [0.25, 0.3) is 5.69 Å². The van der Waals surface area contributed by atoms with Crippen molar-refractivity contribution in [3.8, 4) is 17.2 Å². The van der Waals surface area contributed by atoms with E-state index in [-0.39, 0.29) is 5.82 Å². The number of anilines is 2. The molecule has 2 N–H and O–H groups in total. The predicted octanol–water partition coefficient (Wildman–Crippen LogP) is 3.51. The van der Waals surface area contributed by atoms with Gasteiger partial charge in [0.2, 0.25) is 5.82 Å². The smallest absolute Gasteiger partial charge is 0.325 e. The number of carbonyl (C=O) groups excluding carboxylic acids is 1. The Kier molecular flexibility index (Phi) is 5.82. The van der Waals surface area contributed by atoms with Crippen molar-refractivity contribution in [2.24, 2.45) is 0 Å². The van der Waals surface area contributed by atoms with Gasteiger partial charge in [-0.1, -0.05) is 6.07 Å². The number of aryl methyl sites for hydroxylation is 2. The molecule has 150 valence electrons. The van der Waals surface area contributed by atoms with Gasteiger partial charge in [-0.3, -0.25) is 14.7 Å². The zero-order valence-corrected chi connectivity index (χ0v) is 16.6. The number of ether oxygens (including phenoxy) is 2. The van der Waals surface area contributed by atoms with Gasteiger partial charge in [-0.15, -0.1) is 0 Å². The van der Waals surface area contributed by atoms with Gasteiger partial charge in [-0.05, 0) is 49.2 Å². The molecular weight excluding hydrogens is 372 g/mol. The Labute approximate surface area is 168 Å². The van der Waals surface area contributed by atoms with Gasteiger partial charge in [-0.2, -0.15) is 0 Å². The Morgan fingerprint density at radius 1 is 0.966 bits per heavy atom. The lowest BCUT2D eigenvalue weighted by Gasteiger charge is -2.12. The zero-order valence-electron chi connectivity index (χ0n) is 16.6. The van der Waals surface area contributed by atoms with Gasteiger partial charge in [-0.25, -0.2) is 9.78 Å². The lowest BCUT2D eigenvalue weighted by molar-refractivity contribution is 0.262. The minimum absolute atomic E-state index is 0.0939. The van der Waals surface area contributed by atoms with Crippen molar-refractivity contribution in [2.75, 3.05) is 24.9 Å². The van der Waals surface area contributed by atoms with Crippen molar-refractivity contribution in [2.45, 2.75) is 13.8 Å². The second-order valence-electron chi connectivity index (χ2n) is 6.37. The molecule has 29 heavy (non-hydrogen) atoms. The van der Waals surface area contributed by atoms with Crippen LogP contribution < -0.4 is 25.7 Å². The monoisotopic (exact) mass is 394 g/mol.